The summed E-state index contributed by atoms with van der Waals surface area (Å²) in [6.07, 6.45) is 2.86. The zero-order valence-corrected chi connectivity index (χ0v) is 21.4. The molecule has 0 saturated carbocycles. The summed E-state index contributed by atoms with van der Waals surface area (Å²) in [6.45, 7) is 0. The molecule has 0 atom stereocenters. The van der Waals surface area contributed by atoms with Crippen molar-refractivity contribution in [2.24, 2.45) is 10.1 Å². The molecule has 0 aliphatic rings. The van der Waals surface area contributed by atoms with Gasteiger partial charge in [0.2, 0.25) is 0 Å². The third-order valence-electron chi connectivity index (χ3n) is 5.32. The Morgan fingerprint density at radius 2 is 1.76 bits per heavy atom. The summed E-state index contributed by atoms with van der Waals surface area (Å²) in [5.41, 5.74) is 5.13. The van der Waals surface area contributed by atoms with Gasteiger partial charge in [0.1, 0.15) is 15.8 Å². The van der Waals surface area contributed by atoms with Crippen molar-refractivity contribution in [3.8, 4) is 5.69 Å². The first-order chi connectivity index (χ1) is 18.0. The number of aromatic nitrogens is 2. The second-order valence-electron chi connectivity index (χ2n) is 7.72. The van der Waals surface area contributed by atoms with E-state index in [1.54, 1.807) is 22.8 Å². The molecule has 5 aromatic rings. The van der Waals surface area contributed by atoms with Gasteiger partial charge >= 0.3 is 0 Å². The third-order valence-corrected chi connectivity index (χ3v) is 7.01. The number of halogens is 2. The van der Waals surface area contributed by atoms with Gasteiger partial charge in [0.05, 0.1) is 29.3 Å². The highest BCUT2D eigenvalue weighted by Gasteiger charge is 2.19. The van der Waals surface area contributed by atoms with Gasteiger partial charge in [-0.05, 0) is 48.6 Å². The molecule has 2 heterocycles. The van der Waals surface area contributed by atoms with Gasteiger partial charge < -0.3 is 0 Å². The standard InChI is InChI=1S/C27H17ClFN5OS2/c28-25-18(14-17-8-4-6-12-21(17)32-25)15-31-33-26(35)24-23(16-30-22-13-7-5-11-20(22)29)34(27(36)37-24)19-9-2-1-3-10-19/h1-16H,(H,33,35)/b30-16?,31-15+. The summed E-state index contributed by atoms with van der Waals surface area (Å²) >= 11 is 13.0. The molecular weight excluding hydrogens is 529 g/mol. The Kier molecular flexibility index (Phi) is 7.27. The molecule has 1 N–H and O–H groups in total. The Morgan fingerprint density at radius 3 is 2.57 bits per heavy atom. The maximum Gasteiger partial charge on any atom is 0.283 e. The van der Waals surface area contributed by atoms with E-state index in [0.29, 0.717) is 15.2 Å². The molecule has 0 fully saturated rings. The van der Waals surface area contributed by atoms with E-state index < -0.39 is 11.7 Å². The van der Waals surface area contributed by atoms with E-state index in [0.717, 1.165) is 27.9 Å². The van der Waals surface area contributed by atoms with Crippen molar-refractivity contribution in [1.82, 2.24) is 15.0 Å². The number of aliphatic imine (C=N–C) groups is 1. The fourth-order valence-corrected chi connectivity index (χ4v) is 5.09. The van der Waals surface area contributed by atoms with Gasteiger partial charge in [-0.2, -0.15) is 5.10 Å². The number of hydrazone groups is 1. The Morgan fingerprint density at radius 1 is 1.03 bits per heavy atom. The van der Waals surface area contributed by atoms with Crippen LogP contribution in [0.5, 0.6) is 0 Å². The van der Waals surface area contributed by atoms with Gasteiger partial charge in [-0.3, -0.25) is 14.4 Å². The fourth-order valence-electron chi connectivity index (χ4n) is 3.58. The predicted octanol–water partition coefficient (Wildman–Crippen LogP) is 7.12. The van der Waals surface area contributed by atoms with E-state index in [-0.39, 0.29) is 15.7 Å². The van der Waals surface area contributed by atoms with Gasteiger partial charge in [-0.15, -0.1) is 0 Å². The molecule has 0 unspecified atom stereocenters. The third kappa shape index (κ3) is 5.39. The molecule has 37 heavy (non-hydrogen) atoms. The first-order valence-electron chi connectivity index (χ1n) is 11.0. The molecule has 0 spiro atoms. The summed E-state index contributed by atoms with van der Waals surface area (Å²) in [6, 6.07) is 24.8. The van der Waals surface area contributed by atoms with E-state index in [2.05, 4.69) is 20.5 Å². The van der Waals surface area contributed by atoms with Crippen LogP contribution < -0.4 is 5.43 Å². The zero-order chi connectivity index (χ0) is 25.8. The monoisotopic (exact) mass is 545 g/mol. The highest BCUT2D eigenvalue weighted by atomic mass is 35.5. The van der Waals surface area contributed by atoms with E-state index in [1.165, 1.54) is 18.5 Å². The van der Waals surface area contributed by atoms with Crippen LogP contribution in [0.25, 0.3) is 16.6 Å². The average Bonchev–Trinajstić information content (AvgIpc) is 3.25. The topological polar surface area (TPSA) is 71.6 Å². The van der Waals surface area contributed by atoms with Gasteiger partial charge in [-0.25, -0.2) is 14.8 Å². The summed E-state index contributed by atoms with van der Waals surface area (Å²) in [5.74, 6) is -0.975. The number of carbonyl (C=O) groups excluding carboxylic acids is 1. The van der Waals surface area contributed by atoms with Crippen molar-refractivity contribution in [3.63, 3.8) is 0 Å². The van der Waals surface area contributed by atoms with Crippen LogP contribution in [0.2, 0.25) is 5.15 Å². The van der Waals surface area contributed by atoms with Gasteiger partial charge in [0.25, 0.3) is 5.91 Å². The van der Waals surface area contributed by atoms with Gasteiger partial charge in [0.15, 0.2) is 3.95 Å². The van der Waals surface area contributed by atoms with Gasteiger partial charge in [-0.1, -0.05) is 71.5 Å². The van der Waals surface area contributed by atoms with Crippen LogP contribution in [0, 0.1) is 9.77 Å². The molecule has 3 aromatic carbocycles. The first kappa shape index (κ1) is 24.6. The number of nitrogens with zero attached hydrogens (tertiary/aromatic N) is 4. The first-order valence-corrected chi connectivity index (χ1v) is 12.6. The number of hydrogen-bond donors (Lipinski definition) is 1. The summed E-state index contributed by atoms with van der Waals surface area (Å²) in [4.78, 5) is 22.1. The lowest BCUT2D eigenvalue weighted by molar-refractivity contribution is 0.0958. The molecule has 2 aromatic heterocycles. The Bertz CT molecular complexity index is 1730. The quantitative estimate of drug-likeness (QED) is 0.107. The van der Waals surface area contributed by atoms with Crippen molar-refractivity contribution < 1.29 is 9.18 Å². The van der Waals surface area contributed by atoms with Gasteiger partial charge in [0, 0.05) is 16.6 Å². The molecule has 1 amide bonds. The molecular formula is C27H17ClFN5OS2. The highest BCUT2D eigenvalue weighted by Crippen LogP contribution is 2.25. The molecule has 5 rings (SSSR count). The number of rotatable bonds is 6. The van der Waals surface area contributed by atoms with Crippen LogP contribution in [0.3, 0.4) is 0 Å². The number of pyridine rings is 1. The molecule has 0 bridgehead atoms. The average molecular weight is 546 g/mol. The number of hydrogen-bond acceptors (Lipinski definition) is 6. The fraction of sp³-hybridized carbons (Fsp3) is 0. The summed E-state index contributed by atoms with van der Waals surface area (Å²) in [7, 11) is 0. The minimum atomic E-state index is -0.498. The van der Waals surface area contributed by atoms with Crippen LogP contribution in [0.1, 0.15) is 20.9 Å². The number of para-hydroxylation sites is 3. The predicted molar refractivity (Wildman–Crippen MR) is 150 cm³/mol. The highest BCUT2D eigenvalue weighted by molar-refractivity contribution is 7.73. The Balaban J connectivity index is 1.48. The molecule has 0 radical (unpaired) electrons. The smallest absolute Gasteiger partial charge is 0.283 e. The van der Waals surface area contributed by atoms with E-state index >= 15 is 0 Å². The molecule has 6 nitrogen and oxygen atoms in total. The minimum absolute atomic E-state index is 0.141. The van der Waals surface area contributed by atoms with Crippen LogP contribution in [-0.4, -0.2) is 27.9 Å². The van der Waals surface area contributed by atoms with E-state index in [9.17, 15) is 9.18 Å². The van der Waals surface area contributed by atoms with Crippen LogP contribution >= 0.6 is 35.2 Å². The van der Waals surface area contributed by atoms with Crippen molar-refractivity contribution >= 4 is 70.1 Å². The minimum Gasteiger partial charge on any atom is -0.290 e. The number of thiazole rings is 1. The Hall–Kier alpha value is -4.05. The zero-order valence-electron chi connectivity index (χ0n) is 19.0. The number of fused-ring (bicyclic) bond motifs is 1. The van der Waals surface area contributed by atoms with Crippen molar-refractivity contribution in [1.29, 1.82) is 0 Å². The van der Waals surface area contributed by atoms with E-state index in [4.69, 9.17) is 23.8 Å². The SMILES string of the molecule is O=C(N/N=C/c1cc2ccccc2nc1Cl)c1sc(=S)n(-c2ccccc2)c1C=Nc1ccccc1F. The lowest BCUT2D eigenvalue weighted by atomic mass is 10.2. The maximum absolute atomic E-state index is 14.2. The Labute approximate surface area is 225 Å². The summed E-state index contributed by atoms with van der Waals surface area (Å²) < 4.78 is 16.3. The molecule has 182 valence electrons. The van der Waals surface area contributed by atoms with E-state index in [1.807, 2.05) is 60.7 Å². The lowest BCUT2D eigenvalue weighted by Gasteiger charge is -2.07. The molecule has 0 aliphatic heterocycles. The van der Waals surface area contributed by atoms with Crippen molar-refractivity contribution in [2.45, 2.75) is 0 Å². The number of benzene rings is 3. The number of amides is 1. The van der Waals surface area contributed by atoms with Crippen molar-refractivity contribution in [3.05, 3.63) is 116 Å². The van der Waals surface area contributed by atoms with Crippen LogP contribution in [-0.2, 0) is 0 Å². The second kappa shape index (κ2) is 10.9. The van der Waals surface area contributed by atoms with Crippen LogP contribution in [0.15, 0.2) is 95.0 Å². The summed E-state index contributed by atoms with van der Waals surface area (Å²) in [5, 5.41) is 5.24. The maximum atomic E-state index is 14.2. The lowest BCUT2D eigenvalue weighted by Crippen LogP contribution is -2.19. The van der Waals surface area contributed by atoms with Crippen molar-refractivity contribution in [2.75, 3.05) is 0 Å². The number of carbonyl (C=O) groups is 1. The second-order valence-corrected chi connectivity index (χ2v) is 9.73. The largest absolute Gasteiger partial charge is 0.290 e. The molecule has 0 aliphatic carbocycles. The molecule has 0 saturated heterocycles. The number of nitrogens with one attached hydrogen (secondary N) is 1. The van der Waals surface area contributed by atoms with Crippen LogP contribution in [0.4, 0.5) is 10.1 Å². The molecule has 10 heteroatoms. The normalized spacial score (nSPS) is 11.5.